The predicted octanol–water partition coefficient (Wildman–Crippen LogP) is 3.14. The first-order valence-electron chi connectivity index (χ1n) is 9.28. The number of ether oxygens (including phenoxy) is 3. The van der Waals surface area contributed by atoms with Gasteiger partial charge in [-0.25, -0.2) is 9.59 Å². The van der Waals surface area contributed by atoms with Gasteiger partial charge in [0.2, 0.25) is 0 Å². The van der Waals surface area contributed by atoms with Crippen molar-refractivity contribution in [3.05, 3.63) is 48.0 Å². The molecular formula is C21H26O6. The van der Waals surface area contributed by atoms with Crippen LogP contribution in [0.2, 0.25) is 0 Å². The summed E-state index contributed by atoms with van der Waals surface area (Å²) in [4.78, 5) is 35.3. The molecule has 1 fully saturated rings. The SMILES string of the molecule is C=C(CC(=O)OC1CCCCC1)C(=O)OCC(=O)OCCc1ccccc1. The van der Waals surface area contributed by atoms with Gasteiger partial charge in [0.1, 0.15) is 6.10 Å². The van der Waals surface area contributed by atoms with Crippen LogP contribution >= 0.6 is 0 Å². The van der Waals surface area contributed by atoms with Gasteiger partial charge < -0.3 is 14.2 Å². The smallest absolute Gasteiger partial charge is 0.344 e. The second-order valence-electron chi connectivity index (χ2n) is 6.56. The molecule has 1 aromatic rings. The van der Waals surface area contributed by atoms with Crippen LogP contribution in [0.3, 0.4) is 0 Å². The van der Waals surface area contributed by atoms with Crippen LogP contribution in [0.15, 0.2) is 42.5 Å². The van der Waals surface area contributed by atoms with Crippen molar-refractivity contribution in [3.63, 3.8) is 0 Å². The summed E-state index contributed by atoms with van der Waals surface area (Å²) in [6.45, 7) is 3.23. The predicted molar refractivity (Wildman–Crippen MR) is 98.8 cm³/mol. The minimum atomic E-state index is -0.796. The molecule has 0 atom stereocenters. The Hall–Kier alpha value is -2.63. The summed E-state index contributed by atoms with van der Waals surface area (Å²) < 4.78 is 15.2. The zero-order valence-corrected chi connectivity index (χ0v) is 15.5. The second-order valence-corrected chi connectivity index (χ2v) is 6.56. The van der Waals surface area contributed by atoms with Gasteiger partial charge in [-0.1, -0.05) is 43.3 Å². The number of carbonyl (C=O) groups is 3. The fraction of sp³-hybridized carbons (Fsp3) is 0.476. The molecular weight excluding hydrogens is 348 g/mol. The Balaban J connectivity index is 1.59. The van der Waals surface area contributed by atoms with Gasteiger partial charge in [-0.15, -0.1) is 0 Å². The van der Waals surface area contributed by atoms with Crippen LogP contribution in [0.1, 0.15) is 44.1 Å². The van der Waals surface area contributed by atoms with Gasteiger partial charge in [0.15, 0.2) is 6.61 Å². The van der Waals surface area contributed by atoms with Gasteiger partial charge in [-0.05, 0) is 31.2 Å². The molecule has 27 heavy (non-hydrogen) atoms. The van der Waals surface area contributed by atoms with E-state index in [0.717, 1.165) is 37.7 Å². The molecule has 146 valence electrons. The Bertz CT molecular complexity index is 646. The maximum Gasteiger partial charge on any atom is 0.344 e. The Morgan fingerprint density at radius 1 is 0.963 bits per heavy atom. The zero-order chi connectivity index (χ0) is 19.5. The fourth-order valence-electron chi connectivity index (χ4n) is 2.85. The van der Waals surface area contributed by atoms with Crippen molar-refractivity contribution in [1.29, 1.82) is 0 Å². The average molecular weight is 374 g/mol. The number of esters is 3. The molecule has 1 aliphatic rings. The molecule has 0 amide bonds. The number of hydrogen-bond donors (Lipinski definition) is 0. The van der Waals surface area contributed by atoms with E-state index >= 15 is 0 Å². The first kappa shape index (κ1) is 20.7. The van der Waals surface area contributed by atoms with Crippen LogP contribution in [0, 0.1) is 0 Å². The Kier molecular flexibility index (Phi) is 8.55. The molecule has 0 bridgehead atoms. The largest absolute Gasteiger partial charge is 0.463 e. The molecule has 1 aliphatic carbocycles. The summed E-state index contributed by atoms with van der Waals surface area (Å²) in [5.74, 6) is -1.93. The van der Waals surface area contributed by atoms with Gasteiger partial charge in [-0.3, -0.25) is 4.79 Å². The third-order valence-electron chi connectivity index (χ3n) is 4.31. The first-order valence-corrected chi connectivity index (χ1v) is 9.28. The number of benzene rings is 1. The lowest BCUT2D eigenvalue weighted by Gasteiger charge is -2.21. The molecule has 0 saturated heterocycles. The van der Waals surface area contributed by atoms with E-state index in [4.69, 9.17) is 14.2 Å². The van der Waals surface area contributed by atoms with Crippen LogP contribution in [-0.4, -0.2) is 37.2 Å². The van der Waals surface area contributed by atoms with Crippen LogP contribution in [0.5, 0.6) is 0 Å². The standard InChI is InChI=1S/C21H26O6/c1-16(14-19(22)27-18-10-6-3-7-11-18)21(24)26-15-20(23)25-13-12-17-8-4-2-5-9-17/h2,4-5,8-9,18H,1,3,6-7,10-15H2. The average Bonchev–Trinajstić information content (AvgIpc) is 2.67. The van der Waals surface area contributed by atoms with Crippen LogP contribution < -0.4 is 0 Å². The second kappa shape index (κ2) is 11.2. The van der Waals surface area contributed by atoms with E-state index in [9.17, 15) is 14.4 Å². The highest BCUT2D eigenvalue weighted by molar-refractivity contribution is 5.94. The van der Waals surface area contributed by atoms with Gasteiger partial charge in [0, 0.05) is 12.0 Å². The number of rotatable bonds is 9. The van der Waals surface area contributed by atoms with E-state index < -0.39 is 24.5 Å². The molecule has 0 heterocycles. The first-order chi connectivity index (χ1) is 13.0. The lowest BCUT2D eigenvalue weighted by atomic mass is 9.98. The van der Waals surface area contributed by atoms with Crippen LogP contribution in [-0.2, 0) is 35.0 Å². The fourth-order valence-corrected chi connectivity index (χ4v) is 2.85. The Morgan fingerprint density at radius 3 is 2.37 bits per heavy atom. The van der Waals surface area contributed by atoms with Gasteiger partial charge >= 0.3 is 17.9 Å². The summed E-state index contributed by atoms with van der Waals surface area (Å²) in [5, 5.41) is 0. The lowest BCUT2D eigenvalue weighted by molar-refractivity contribution is -0.157. The molecule has 1 aromatic carbocycles. The maximum atomic E-state index is 11.9. The minimum Gasteiger partial charge on any atom is -0.463 e. The van der Waals surface area contributed by atoms with E-state index in [1.54, 1.807) is 0 Å². The zero-order valence-electron chi connectivity index (χ0n) is 15.5. The summed E-state index contributed by atoms with van der Waals surface area (Å²) >= 11 is 0. The quantitative estimate of drug-likeness (QED) is 0.375. The van der Waals surface area contributed by atoms with Crippen LogP contribution in [0.25, 0.3) is 0 Å². The minimum absolute atomic E-state index is 0.0344. The highest BCUT2D eigenvalue weighted by atomic mass is 16.6. The summed E-state index contributed by atoms with van der Waals surface area (Å²) in [7, 11) is 0. The number of hydrogen-bond acceptors (Lipinski definition) is 6. The Labute approximate surface area is 159 Å². The van der Waals surface area contributed by atoms with Crippen molar-refractivity contribution < 1.29 is 28.6 Å². The highest BCUT2D eigenvalue weighted by Crippen LogP contribution is 2.21. The molecule has 2 rings (SSSR count). The third kappa shape index (κ3) is 8.07. The van der Waals surface area contributed by atoms with Crippen molar-refractivity contribution in [2.24, 2.45) is 0 Å². The van der Waals surface area contributed by atoms with Crippen molar-refractivity contribution >= 4 is 17.9 Å². The van der Waals surface area contributed by atoms with Gasteiger partial charge in [-0.2, -0.15) is 0 Å². The summed E-state index contributed by atoms with van der Waals surface area (Å²) in [6.07, 6.45) is 5.25. The van der Waals surface area contributed by atoms with Crippen LogP contribution in [0.4, 0.5) is 0 Å². The summed E-state index contributed by atoms with van der Waals surface area (Å²) in [5.41, 5.74) is 1.01. The van der Waals surface area contributed by atoms with E-state index in [1.807, 2.05) is 30.3 Å². The third-order valence-corrected chi connectivity index (χ3v) is 4.31. The van der Waals surface area contributed by atoms with Gasteiger partial charge in [0.25, 0.3) is 0 Å². The molecule has 6 heteroatoms. The molecule has 0 spiro atoms. The molecule has 0 aliphatic heterocycles. The number of carbonyl (C=O) groups excluding carboxylic acids is 3. The summed E-state index contributed by atoms with van der Waals surface area (Å²) in [6, 6.07) is 9.59. The lowest BCUT2D eigenvalue weighted by Crippen LogP contribution is -2.23. The topological polar surface area (TPSA) is 78.9 Å². The molecule has 0 aromatic heterocycles. The maximum absolute atomic E-state index is 11.9. The van der Waals surface area contributed by atoms with E-state index in [1.165, 1.54) is 0 Å². The molecule has 6 nitrogen and oxygen atoms in total. The van der Waals surface area contributed by atoms with Crippen molar-refractivity contribution in [1.82, 2.24) is 0 Å². The molecule has 0 unspecified atom stereocenters. The normalized spacial score (nSPS) is 14.2. The molecule has 0 N–H and O–H groups in total. The molecule has 0 radical (unpaired) electrons. The van der Waals surface area contributed by atoms with Gasteiger partial charge in [0.05, 0.1) is 13.0 Å². The van der Waals surface area contributed by atoms with E-state index in [0.29, 0.717) is 6.42 Å². The highest BCUT2D eigenvalue weighted by Gasteiger charge is 2.21. The van der Waals surface area contributed by atoms with Crippen molar-refractivity contribution in [2.75, 3.05) is 13.2 Å². The monoisotopic (exact) mass is 374 g/mol. The molecule has 1 saturated carbocycles. The van der Waals surface area contributed by atoms with E-state index in [2.05, 4.69) is 6.58 Å². The van der Waals surface area contributed by atoms with Crippen molar-refractivity contribution in [2.45, 2.75) is 51.0 Å². The Morgan fingerprint density at radius 2 is 1.67 bits per heavy atom. The van der Waals surface area contributed by atoms with Crippen molar-refractivity contribution in [3.8, 4) is 0 Å². The van der Waals surface area contributed by atoms with E-state index in [-0.39, 0.29) is 24.7 Å².